The summed E-state index contributed by atoms with van der Waals surface area (Å²) in [5, 5.41) is 0.875. The molecule has 1 spiro atoms. The highest BCUT2D eigenvalue weighted by molar-refractivity contribution is 6.31. The minimum Gasteiger partial charge on any atom is -0.380 e. The molecular formula is C13H16ClNO. The fourth-order valence-corrected chi connectivity index (χ4v) is 2.85. The Morgan fingerprint density at radius 2 is 2.12 bits per heavy atom. The van der Waals surface area contributed by atoms with E-state index in [0.717, 1.165) is 24.8 Å². The van der Waals surface area contributed by atoms with Gasteiger partial charge < -0.3 is 4.74 Å². The number of benzene rings is 1. The molecule has 3 heteroatoms. The number of hydrogen-bond donors (Lipinski definition) is 0. The first-order valence-corrected chi connectivity index (χ1v) is 6.10. The third kappa shape index (κ3) is 1.65. The zero-order valence-electron chi connectivity index (χ0n) is 9.50. The lowest BCUT2D eigenvalue weighted by Crippen LogP contribution is -2.65. The molecule has 0 radical (unpaired) electrons. The Labute approximate surface area is 101 Å². The smallest absolute Gasteiger partial charge is 0.0569 e. The second-order valence-electron chi connectivity index (χ2n) is 5.16. The lowest BCUT2D eigenvalue weighted by Gasteiger charge is -2.55. The summed E-state index contributed by atoms with van der Waals surface area (Å²) in [4.78, 5) is 2.47. The Hall–Kier alpha value is -0.570. The van der Waals surface area contributed by atoms with E-state index in [1.54, 1.807) is 0 Å². The quantitative estimate of drug-likeness (QED) is 0.784. The summed E-state index contributed by atoms with van der Waals surface area (Å²) in [7, 11) is 0. The minimum atomic E-state index is 0.506. The normalized spacial score (nSPS) is 22.9. The van der Waals surface area contributed by atoms with Gasteiger partial charge >= 0.3 is 0 Å². The van der Waals surface area contributed by atoms with Gasteiger partial charge in [0.05, 0.1) is 13.2 Å². The largest absolute Gasteiger partial charge is 0.380 e. The molecule has 0 aromatic heterocycles. The van der Waals surface area contributed by atoms with E-state index in [1.165, 1.54) is 24.2 Å². The van der Waals surface area contributed by atoms with E-state index in [4.69, 9.17) is 16.3 Å². The molecule has 2 fully saturated rings. The molecule has 0 saturated carbocycles. The van der Waals surface area contributed by atoms with Gasteiger partial charge in [-0.2, -0.15) is 0 Å². The summed E-state index contributed by atoms with van der Waals surface area (Å²) in [6.45, 7) is 7.39. The van der Waals surface area contributed by atoms with Crippen LogP contribution in [0.5, 0.6) is 0 Å². The van der Waals surface area contributed by atoms with Gasteiger partial charge in [-0.3, -0.25) is 4.90 Å². The number of rotatable bonds is 2. The summed E-state index contributed by atoms with van der Waals surface area (Å²) in [5.74, 6) is 0. The van der Waals surface area contributed by atoms with E-state index in [-0.39, 0.29) is 0 Å². The van der Waals surface area contributed by atoms with Crippen LogP contribution >= 0.6 is 11.6 Å². The van der Waals surface area contributed by atoms with Crippen molar-refractivity contribution in [3.63, 3.8) is 0 Å². The van der Waals surface area contributed by atoms with Crippen molar-refractivity contribution in [1.82, 2.24) is 4.90 Å². The Morgan fingerprint density at radius 3 is 2.75 bits per heavy atom. The van der Waals surface area contributed by atoms with Crippen molar-refractivity contribution in [1.29, 1.82) is 0 Å². The Balaban J connectivity index is 1.65. The van der Waals surface area contributed by atoms with Crippen LogP contribution in [0.25, 0.3) is 0 Å². The van der Waals surface area contributed by atoms with Crippen LogP contribution in [0.3, 0.4) is 0 Å². The fraction of sp³-hybridized carbons (Fsp3) is 0.538. The van der Waals surface area contributed by atoms with Gasteiger partial charge in [0.2, 0.25) is 0 Å². The van der Waals surface area contributed by atoms with E-state index >= 15 is 0 Å². The molecule has 86 valence electrons. The SMILES string of the molecule is Cc1c(Cl)cccc1CN1CC2(COC2)C1. The monoisotopic (exact) mass is 237 g/mol. The lowest BCUT2D eigenvalue weighted by atomic mass is 9.78. The summed E-state index contributed by atoms with van der Waals surface area (Å²) in [5.41, 5.74) is 3.07. The van der Waals surface area contributed by atoms with Crippen LogP contribution in [-0.4, -0.2) is 31.2 Å². The maximum Gasteiger partial charge on any atom is 0.0569 e. The summed E-state index contributed by atoms with van der Waals surface area (Å²) in [6.07, 6.45) is 0. The molecular weight excluding hydrogens is 222 g/mol. The third-order valence-corrected chi connectivity index (χ3v) is 4.12. The number of nitrogens with zero attached hydrogens (tertiary/aromatic N) is 1. The maximum atomic E-state index is 6.11. The fourth-order valence-electron chi connectivity index (χ4n) is 2.65. The molecule has 0 bridgehead atoms. The van der Waals surface area contributed by atoms with Crippen molar-refractivity contribution in [2.75, 3.05) is 26.3 Å². The summed E-state index contributed by atoms with van der Waals surface area (Å²) < 4.78 is 5.27. The molecule has 0 atom stereocenters. The molecule has 2 saturated heterocycles. The van der Waals surface area contributed by atoms with E-state index in [0.29, 0.717) is 5.41 Å². The zero-order valence-corrected chi connectivity index (χ0v) is 10.3. The van der Waals surface area contributed by atoms with Crippen molar-refractivity contribution in [2.45, 2.75) is 13.5 Å². The van der Waals surface area contributed by atoms with E-state index in [2.05, 4.69) is 17.9 Å². The minimum absolute atomic E-state index is 0.506. The van der Waals surface area contributed by atoms with Gasteiger partial charge in [0, 0.05) is 30.1 Å². The van der Waals surface area contributed by atoms with Crippen LogP contribution in [0, 0.1) is 12.3 Å². The van der Waals surface area contributed by atoms with Crippen LogP contribution in [0.2, 0.25) is 5.02 Å². The molecule has 2 aliphatic heterocycles. The molecule has 0 unspecified atom stereocenters. The van der Waals surface area contributed by atoms with Gasteiger partial charge in [0.25, 0.3) is 0 Å². The first kappa shape index (κ1) is 10.6. The molecule has 2 heterocycles. The highest BCUT2D eigenvalue weighted by Crippen LogP contribution is 2.38. The Morgan fingerprint density at radius 1 is 1.38 bits per heavy atom. The number of hydrogen-bond acceptors (Lipinski definition) is 2. The van der Waals surface area contributed by atoms with Crippen molar-refractivity contribution >= 4 is 11.6 Å². The topological polar surface area (TPSA) is 12.5 Å². The second kappa shape index (κ2) is 3.73. The van der Waals surface area contributed by atoms with Crippen molar-refractivity contribution < 1.29 is 4.74 Å². The highest BCUT2D eigenvalue weighted by atomic mass is 35.5. The van der Waals surface area contributed by atoms with Crippen molar-refractivity contribution in [3.8, 4) is 0 Å². The van der Waals surface area contributed by atoms with Crippen LogP contribution in [0.1, 0.15) is 11.1 Å². The van der Waals surface area contributed by atoms with Crippen LogP contribution in [0.4, 0.5) is 0 Å². The average molecular weight is 238 g/mol. The number of likely N-dealkylation sites (tertiary alicyclic amines) is 1. The molecule has 2 nitrogen and oxygen atoms in total. The number of halogens is 1. The first-order valence-electron chi connectivity index (χ1n) is 5.73. The summed E-state index contributed by atoms with van der Waals surface area (Å²) in [6, 6.07) is 6.16. The van der Waals surface area contributed by atoms with Crippen LogP contribution < -0.4 is 0 Å². The molecule has 2 aliphatic rings. The predicted octanol–water partition coefficient (Wildman–Crippen LogP) is 2.48. The standard InChI is InChI=1S/C13H16ClNO/c1-10-11(3-2-4-12(10)14)5-15-6-13(7-15)8-16-9-13/h2-4H,5-9H2,1H3. The molecule has 1 aromatic rings. The van der Waals surface area contributed by atoms with Gasteiger partial charge in [-0.1, -0.05) is 23.7 Å². The van der Waals surface area contributed by atoms with Gasteiger partial charge in [-0.15, -0.1) is 0 Å². The van der Waals surface area contributed by atoms with E-state index < -0.39 is 0 Å². The van der Waals surface area contributed by atoms with Gasteiger partial charge in [0.15, 0.2) is 0 Å². The molecule has 16 heavy (non-hydrogen) atoms. The third-order valence-electron chi connectivity index (χ3n) is 3.71. The molecule has 0 amide bonds. The van der Waals surface area contributed by atoms with Gasteiger partial charge in [-0.25, -0.2) is 0 Å². The number of ether oxygens (including phenoxy) is 1. The van der Waals surface area contributed by atoms with Gasteiger partial charge in [0.1, 0.15) is 0 Å². The zero-order chi connectivity index (χ0) is 11.2. The highest BCUT2D eigenvalue weighted by Gasteiger charge is 2.48. The lowest BCUT2D eigenvalue weighted by molar-refractivity contribution is -0.191. The maximum absolute atomic E-state index is 6.11. The average Bonchev–Trinajstić information content (AvgIpc) is 2.14. The van der Waals surface area contributed by atoms with Crippen LogP contribution in [-0.2, 0) is 11.3 Å². The molecule has 0 N–H and O–H groups in total. The van der Waals surface area contributed by atoms with Crippen LogP contribution in [0.15, 0.2) is 18.2 Å². The Kier molecular flexibility index (Phi) is 2.46. The molecule has 0 aliphatic carbocycles. The van der Waals surface area contributed by atoms with Crippen molar-refractivity contribution in [2.24, 2.45) is 5.41 Å². The summed E-state index contributed by atoms with van der Waals surface area (Å²) >= 11 is 6.11. The van der Waals surface area contributed by atoms with Gasteiger partial charge in [-0.05, 0) is 24.1 Å². The predicted molar refractivity (Wildman–Crippen MR) is 64.7 cm³/mol. The van der Waals surface area contributed by atoms with E-state index in [1.807, 2.05) is 12.1 Å². The van der Waals surface area contributed by atoms with Crippen molar-refractivity contribution in [3.05, 3.63) is 34.3 Å². The molecule has 1 aromatic carbocycles. The molecule has 3 rings (SSSR count). The second-order valence-corrected chi connectivity index (χ2v) is 5.57. The first-order chi connectivity index (χ1) is 7.69. The Bertz CT molecular complexity index is 406. The van der Waals surface area contributed by atoms with E-state index in [9.17, 15) is 0 Å².